The van der Waals surface area contributed by atoms with Crippen molar-refractivity contribution in [3.8, 4) is 0 Å². The summed E-state index contributed by atoms with van der Waals surface area (Å²) in [7, 11) is 4.16. The standard InChI is InChI=1S/C21H28ClN5/c1-25(2)16-18-6-4-3-5-17(18)15-24-21(23)27-13-11-26(12-14-27)20-9-7-19(22)8-10-20/h3-10H,11-16H2,1-2H3,(H2,23,24). The highest BCUT2D eigenvalue weighted by atomic mass is 35.5. The minimum atomic E-state index is 0.618. The largest absolute Gasteiger partial charge is 0.370 e. The van der Waals surface area contributed by atoms with Gasteiger partial charge in [-0.15, -0.1) is 0 Å². The summed E-state index contributed by atoms with van der Waals surface area (Å²) in [5.41, 5.74) is 10.0. The normalized spacial score (nSPS) is 15.5. The number of halogens is 1. The number of benzene rings is 2. The van der Waals surface area contributed by atoms with Crippen LogP contribution in [0.1, 0.15) is 11.1 Å². The zero-order chi connectivity index (χ0) is 19.2. The number of nitrogens with zero attached hydrogens (tertiary/aromatic N) is 4. The van der Waals surface area contributed by atoms with E-state index in [0.717, 1.165) is 37.7 Å². The molecule has 3 rings (SSSR count). The molecule has 1 saturated heterocycles. The van der Waals surface area contributed by atoms with Gasteiger partial charge in [0.05, 0.1) is 6.54 Å². The summed E-state index contributed by atoms with van der Waals surface area (Å²) in [4.78, 5) is 11.4. The Bertz CT molecular complexity index is 764. The van der Waals surface area contributed by atoms with Crippen LogP contribution in [-0.2, 0) is 13.1 Å². The van der Waals surface area contributed by atoms with Crippen molar-refractivity contribution < 1.29 is 0 Å². The van der Waals surface area contributed by atoms with E-state index in [9.17, 15) is 0 Å². The molecule has 0 saturated carbocycles. The molecule has 1 aliphatic heterocycles. The summed E-state index contributed by atoms with van der Waals surface area (Å²) < 4.78 is 0. The zero-order valence-corrected chi connectivity index (χ0v) is 16.9. The summed E-state index contributed by atoms with van der Waals surface area (Å²) in [5, 5.41) is 0.767. The summed E-state index contributed by atoms with van der Waals surface area (Å²) in [6, 6.07) is 16.4. The predicted molar refractivity (Wildman–Crippen MR) is 114 cm³/mol. The second-order valence-corrected chi connectivity index (χ2v) is 7.57. The van der Waals surface area contributed by atoms with Gasteiger partial charge in [0.25, 0.3) is 0 Å². The Kier molecular flexibility index (Phi) is 6.58. The van der Waals surface area contributed by atoms with Crippen molar-refractivity contribution in [1.82, 2.24) is 9.80 Å². The van der Waals surface area contributed by atoms with E-state index in [1.807, 2.05) is 12.1 Å². The molecule has 0 radical (unpaired) electrons. The van der Waals surface area contributed by atoms with Gasteiger partial charge in [-0.05, 0) is 49.5 Å². The van der Waals surface area contributed by atoms with Gasteiger partial charge in [0.2, 0.25) is 0 Å². The summed E-state index contributed by atoms with van der Waals surface area (Å²) in [6.07, 6.45) is 0. The van der Waals surface area contributed by atoms with E-state index >= 15 is 0 Å². The Balaban J connectivity index is 1.58. The van der Waals surface area contributed by atoms with E-state index in [0.29, 0.717) is 12.5 Å². The zero-order valence-electron chi connectivity index (χ0n) is 16.1. The lowest BCUT2D eigenvalue weighted by Crippen LogP contribution is -2.51. The van der Waals surface area contributed by atoms with Crippen LogP contribution in [-0.4, -0.2) is 56.0 Å². The molecule has 2 aromatic carbocycles. The Hall–Kier alpha value is -2.24. The first kappa shape index (κ1) is 19.5. The van der Waals surface area contributed by atoms with Gasteiger partial charge >= 0.3 is 0 Å². The van der Waals surface area contributed by atoms with E-state index in [2.05, 4.69) is 70.2 Å². The lowest BCUT2D eigenvalue weighted by molar-refractivity contribution is 0.380. The summed E-state index contributed by atoms with van der Waals surface area (Å²) >= 11 is 5.98. The third kappa shape index (κ3) is 5.37. The van der Waals surface area contributed by atoms with Gasteiger partial charge in [-0.25, -0.2) is 4.99 Å². The van der Waals surface area contributed by atoms with Gasteiger partial charge in [0.15, 0.2) is 5.96 Å². The molecule has 1 fully saturated rings. The number of guanidine groups is 1. The van der Waals surface area contributed by atoms with Crippen LogP contribution in [0.4, 0.5) is 5.69 Å². The highest BCUT2D eigenvalue weighted by Crippen LogP contribution is 2.19. The smallest absolute Gasteiger partial charge is 0.191 e. The molecular weight excluding hydrogens is 358 g/mol. The van der Waals surface area contributed by atoms with Gasteiger partial charge in [0, 0.05) is 43.4 Å². The number of hydrogen-bond donors (Lipinski definition) is 1. The van der Waals surface area contributed by atoms with Crippen LogP contribution in [0.15, 0.2) is 53.5 Å². The molecule has 27 heavy (non-hydrogen) atoms. The highest BCUT2D eigenvalue weighted by Gasteiger charge is 2.18. The second-order valence-electron chi connectivity index (χ2n) is 7.13. The van der Waals surface area contributed by atoms with Crippen molar-refractivity contribution in [2.24, 2.45) is 10.7 Å². The Labute approximate surface area is 167 Å². The number of aliphatic imine (C=N–C) groups is 1. The minimum absolute atomic E-state index is 0.618. The number of anilines is 1. The number of nitrogens with two attached hydrogens (primary N) is 1. The SMILES string of the molecule is CN(C)Cc1ccccc1CN=C(N)N1CCN(c2ccc(Cl)cc2)CC1. The van der Waals surface area contributed by atoms with Crippen LogP contribution in [0.3, 0.4) is 0 Å². The Morgan fingerprint density at radius 2 is 1.63 bits per heavy atom. The molecule has 0 atom stereocenters. The van der Waals surface area contributed by atoms with Gasteiger partial charge in [-0.3, -0.25) is 0 Å². The molecule has 0 unspecified atom stereocenters. The first-order chi connectivity index (χ1) is 13.0. The number of hydrogen-bond acceptors (Lipinski definition) is 3. The molecule has 2 aromatic rings. The average Bonchev–Trinajstić information content (AvgIpc) is 2.67. The topological polar surface area (TPSA) is 48.1 Å². The van der Waals surface area contributed by atoms with Crippen LogP contribution < -0.4 is 10.6 Å². The van der Waals surface area contributed by atoms with Crippen molar-refractivity contribution in [3.63, 3.8) is 0 Å². The molecular formula is C21H28ClN5. The van der Waals surface area contributed by atoms with E-state index in [4.69, 9.17) is 17.3 Å². The van der Waals surface area contributed by atoms with Crippen LogP contribution in [0.2, 0.25) is 5.02 Å². The molecule has 0 aromatic heterocycles. The van der Waals surface area contributed by atoms with Crippen LogP contribution in [0.25, 0.3) is 0 Å². The fraction of sp³-hybridized carbons (Fsp3) is 0.381. The Morgan fingerprint density at radius 3 is 2.26 bits per heavy atom. The molecule has 5 nitrogen and oxygen atoms in total. The summed E-state index contributed by atoms with van der Waals surface area (Å²) in [5.74, 6) is 0.630. The van der Waals surface area contributed by atoms with Crippen LogP contribution >= 0.6 is 11.6 Å². The van der Waals surface area contributed by atoms with Crippen molar-refractivity contribution in [2.45, 2.75) is 13.1 Å². The number of piperazine rings is 1. The lowest BCUT2D eigenvalue weighted by Gasteiger charge is -2.36. The van der Waals surface area contributed by atoms with Gasteiger partial charge in [0.1, 0.15) is 0 Å². The third-order valence-corrected chi connectivity index (χ3v) is 5.06. The fourth-order valence-electron chi connectivity index (χ4n) is 3.32. The maximum Gasteiger partial charge on any atom is 0.191 e. The van der Waals surface area contributed by atoms with E-state index < -0.39 is 0 Å². The first-order valence-electron chi connectivity index (χ1n) is 9.30. The quantitative estimate of drug-likeness (QED) is 0.634. The van der Waals surface area contributed by atoms with Crippen molar-refractivity contribution >= 4 is 23.2 Å². The molecule has 1 aliphatic rings. The van der Waals surface area contributed by atoms with Crippen molar-refractivity contribution in [3.05, 3.63) is 64.7 Å². The van der Waals surface area contributed by atoms with Crippen LogP contribution in [0.5, 0.6) is 0 Å². The van der Waals surface area contributed by atoms with Gasteiger partial charge < -0.3 is 20.4 Å². The Morgan fingerprint density at radius 1 is 1.00 bits per heavy atom. The van der Waals surface area contributed by atoms with Crippen molar-refractivity contribution in [2.75, 3.05) is 45.2 Å². The van der Waals surface area contributed by atoms with E-state index in [1.54, 1.807) is 0 Å². The maximum atomic E-state index is 6.28. The molecule has 144 valence electrons. The third-order valence-electron chi connectivity index (χ3n) is 4.81. The van der Waals surface area contributed by atoms with E-state index in [-0.39, 0.29) is 0 Å². The van der Waals surface area contributed by atoms with Gasteiger partial charge in [-0.1, -0.05) is 35.9 Å². The average molecular weight is 386 g/mol. The highest BCUT2D eigenvalue weighted by molar-refractivity contribution is 6.30. The molecule has 6 heteroatoms. The first-order valence-corrected chi connectivity index (χ1v) is 9.67. The van der Waals surface area contributed by atoms with Gasteiger partial charge in [-0.2, -0.15) is 0 Å². The second kappa shape index (κ2) is 9.11. The molecule has 1 heterocycles. The molecule has 0 amide bonds. The fourth-order valence-corrected chi connectivity index (χ4v) is 3.44. The molecule has 0 aliphatic carbocycles. The molecule has 0 bridgehead atoms. The maximum absolute atomic E-state index is 6.28. The van der Waals surface area contributed by atoms with Crippen LogP contribution in [0, 0.1) is 0 Å². The summed E-state index contributed by atoms with van der Waals surface area (Å²) in [6.45, 7) is 5.12. The van der Waals surface area contributed by atoms with Crippen molar-refractivity contribution in [1.29, 1.82) is 0 Å². The van der Waals surface area contributed by atoms with E-state index in [1.165, 1.54) is 16.8 Å². The minimum Gasteiger partial charge on any atom is -0.370 e. The monoisotopic (exact) mass is 385 g/mol. The predicted octanol–water partition coefficient (Wildman–Crippen LogP) is 3.04. The molecule has 0 spiro atoms. The number of rotatable bonds is 5. The lowest BCUT2D eigenvalue weighted by atomic mass is 10.1. The molecule has 2 N–H and O–H groups in total.